The lowest BCUT2D eigenvalue weighted by atomic mass is 10.1. The predicted octanol–water partition coefficient (Wildman–Crippen LogP) is 6.98. The van der Waals surface area contributed by atoms with E-state index in [2.05, 4.69) is 4.72 Å². The van der Waals surface area contributed by atoms with Gasteiger partial charge in [-0.3, -0.25) is 0 Å². The van der Waals surface area contributed by atoms with Crippen molar-refractivity contribution in [3.63, 3.8) is 0 Å². The summed E-state index contributed by atoms with van der Waals surface area (Å²) in [5, 5.41) is 20.3. The van der Waals surface area contributed by atoms with Crippen LogP contribution in [0.1, 0.15) is 23.6 Å². The molecule has 0 amide bonds. The molecule has 44 heavy (non-hydrogen) atoms. The van der Waals surface area contributed by atoms with Gasteiger partial charge in [-0.05, 0) is 60.0 Å². The van der Waals surface area contributed by atoms with Gasteiger partial charge in [-0.15, -0.1) is 0 Å². The van der Waals surface area contributed by atoms with Crippen molar-refractivity contribution in [2.45, 2.75) is 36.3 Å². The second kappa shape index (κ2) is 14.1. The van der Waals surface area contributed by atoms with Crippen LogP contribution in [0.5, 0.6) is 17.2 Å². The van der Waals surface area contributed by atoms with Crippen LogP contribution in [0.4, 0.5) is 0 Å². The summed E-state index contributed by atoms with van der Waals surface area (Å²) in [5.41, 5.74) is 1.60. The SMILES string of the molecule is CCOc1cccc(CN(Cc2cccc(CNS(=O)(=O)c3cc(Cl)cc(Cl)c3O)c2)S(=O)(=O)c2cc(Cl)cc(Cl)c2O)c1. The minimum Gasteiger partial charge on any atom is -0.505 e. The molecular formula is C29H26Cl4N2O7S2. The molecule has 0 aromatic heterocycles. The summed E-state index contributed by atoms with van der Waals surface area (Å²) in [5.74, 6) is -0.732. The van der Waals surface area contributed by atoms with Gasteiger partial charge in [-0.25, -0.2) is 21.6 Å². The lowest BCUT2D eigenvalue weighted by Crippen LogP contribution is -2.30. The fourth-order valence-electron chi connectivity index (χ4n) is 4.25. The van der Waals surface area contributed by atoms with Crippen LogP contribution in [0.25, 0.3) is 0 Å². The molecule has 0 aliphatic rings. The zero-order valence-corrected chi connectivity index (χ0v) is 27.6. The van der Waals surface area contributed by atoms with Crippen LogP contribution < -0.4 is 9.46 Å². The van der Waals surface area contributed by atoms with Crippen LogP contribution in [0, 0.1) is 0 Å². The molecule has 0 atom stereocenters. The zero-order chi connectivity index (χ0) is 32.2. The fourth-order valence-corrected chi connectivity index (χ4v) is 8.19. The van der Waals surface area contributed by atoms with Crippen molar-refractivity contribution >= 4 is 66.5 Å². The van der Waals surface area contributed by atoms with Gasteiger partial charge in [0.1, 0.15) is 15.5 Å². The Morgan fingerprint density at radius 2 is 1.25 bits per heavy atom. The third-order valence-electron chi connectivity index (χ3n) is 6.28. The van der Waals surface area contributed by atoms with E-state index in [9.17, 15) is 27.0 Å². The number of phenolic OH excluding ortho intramolecular Hbond substituents is 2. The summed E-state index contributed by atoms with van der Waals surface area (Å²) >= 11 is 24.0. The molecule has 3 N–H and O–H groups in total. The minimum atomic E-state index is -4.39. The molecule has 0 fully saturated rings. The maximum atomic E-state index is 13.9. The van der Waals surface area contributed by atoms with E-state index in [1.165, 1.54) is 12.1 Å². The van der Waals surface area contributed by atoms with E-state index in [0.29, 0.717) is 29.0 Å². The lowest BCUT2D eigenvalue weighted by Gasteiger charge is -2.24. The first kappa shape index (κ1) is 34.1. The number of nitrogens with zero attached hydrogens (tertiary/aromatic N) is 1. The average molecular weight is 720 g/mol. The van der Waals surface area contributed by atoms with Crippen molar-refractivity contribution in [3.8, 4) is 17.2 Å². The van der Waals surface area contributed by atoms with Crippen molar-refractivity contribution in [1.82, 2.24) is 9.03 Å². The Kier molecular flexibility index (Phi) is 11.0. The second-order valence-corrected chi connectivity index (χ2v) is 14.8. The highest BCUT2D eigenvalue weighted by Gasteiger charge is 2.30. The summed E-state index contributed by atoms with van der Waals surface area (Å²) < 4.78 is 62.8. The van der Waals surface area contributed by atoms with Gasteiger partial charge in [0.15, 0.2) is 11.5 Å². The second-order valence-electron chi connectivity index (χ2n) is 9.47. The van der Waals surface area contributed by atoms with Crippen LogP contribution in [0.2, 0.25) is 20.1 Å². The average Bonchev–Trinajstić information content (AvgIpc) is 2.96. The monoisotopic (exact) mass is 718 g/mol. The van der Waals surface area contributed by atoms with E-state index in [0.717, 1.165) is 16.4 Å². The van der Waals surface area contributed by atoms with Crippen molar-refractivity contribution in [2.75, 3.05) is 6.61 Å². The zero-order valence-electron chi connectivity index (χ0n) is 23.0. The van der Waals surface area contributed by atoms with Gasteiger partial charge in [-0.2, -0.15) is 4.31 Å². The molecule has 4 aromatic carbocycles. The first-order chi connectivity index (χ1) is 20.7. The number of halogens is 4. The lowest BCUT2D eigenvalue weighted by molar-refractivity contribution is 0.338. The molecule has 0 heterocycles. The molecule has 4 aromatic rings. The van der Waals surface area contributed by atoms with E-state index >= 15 is 0 Å². The number of sulfonamides is 2. The van der Waals surface area contributed by atoms with Gasteiger partial charge in [-0.1, -0.05) is 82.8 Å². The van der Waals surface area contributed by atoms with Crippen LogP contribution >= 0.6 is 46.4 Å². The van der Waals surface area contributed by atoms with Crippen LogP contribution in [-0.2, 0) is 39.7 Å². The molecule has 0 aliphatic heterocycles. The van der Waals surface area contributed by atoms with Gasteiger partial charge in [0, 0.05) is 29.7 Å². The van der Waals surface area contributed by atoms with Crippen LogP contribution in [0.3, 0.4) is 0 Å². The smallest absolute Gasteiger partial charge is 0.247 e. The molecule has 9 nitrogen and oxygen atoms in total. The Hall–Kier alpha value is -2.74. The maximum Gasteiger partial charge on any atom is 0.247 e. The number of phenols is 2. The topological polar surface area (TPSA) is 133 Å². The van der Waals surface area contributed by atoms with Gasteiger partial charge in [0.2, 0.25) is 20.0 Å². The third-order valence-corrected chi connectivity index (χ3v) is 10.5. The number of hydrogen-bond acceptors (Lipinski definition) is 7. The quantitative estimate of drug-likeness (QED) is 0.144. The molecule has 234 valence electrons. The fraction of sp³-hybridized carbons (Fsp3) is 0.172. The summed E-state index contributed by atoms with van der Waals surface area (Å²) in [6, 6.07) is 18.1. The Balaban J connectivity index is 1.66. The van der Waals surface area contributed by atoms with E-state index in [-0.39, 0.29) is 39.7 Å². The largest absolute Gasteiger partial charge is 0.505 e. The van der Waals surface area contributed by atoms with E-state index < -0.39 is 41.3 Å². The Morgan fingerprint density at radius 1 is 0.727 bits per heavy atom. The molecule has 0 spiro atoms. The molecule has 0 unspecified atom stereocenters. The maximum absolute atomic E-state index is 13.9. The number of rotatable bonds is 12. The van der Waals surface area contributed by atoms with E-state index in [1.807, 2.05) is 6.92 Å². The first-order valence-electron chi connectivity index (χ1n) is 12.9. The van der Waals surface area contributed by atoms with Crippen LogP contribution in [-0.4, -0.2) is 38.0 Å². The highest BCUT2D eigenvalue weighted by atomic mass is 35.5. The van der Waals surface area contributed by atoms with Crippen LogP contribution in [0.15, 0.2) is 82.6 Å². The van der Waals surface area contributed by atoms with E-state index in [1.54, 1.807) is 48.5 Å². The Bertz CT molecular complexity index is 1910. The van der Waals surface area contributed by atoms with Gasteiger partial charge in [0.25, 0.3) is 0 Å². The van der Waals surface area contributed by atoms with Crippen molar-refractivity contribution in [2.24, 2.45) is 0 Å². The number of ether oxygens (including phenoxy) is 1. The summed E-state index contributed by atoms with van der Waals surface area (Å²) in [4.78, 5) is -0.961. The van der Waals surface area contributed by atoms with Crippen molar-refractivity contribution < 1.29 is 31.8 Å². The Labute approximate surface area is 275 Å². The van der Waals surface area contributed by atoms with E-state index in [4.69, 9.17) is 51.1 Å². The molecular weight excluding hydrogens is 694 g/mol. The van der Waals surface area contributed by atoms with Crippen molar-refractivity contribution in [3.05, 3.63) is 110 Å². The summed E-state index contributed by atoms with van der Waals surface area (Å²) in [7, 11) is -8.62. The highest BCUT2D eigenvalue weighted by molar-refractivity contribution is 7.89. The minimum absolute atomic E-state index is 0.0194. The highest BCUT2D eigenvalue weighted by Crippen LogP contribution is 2.37. The molecule has 0 bridgehead atoms. The number of hydrogen-bond donors (Lipinski definition) is 3. The normalized spacial score (nSPS) is 12.0. The van der Waals surface area contributed by atoms with Gasteiger partial charge >= 0.3 is 0 Å². The van der Waals surface area contributed by atoms with Gasteiger partial charge in [0.05, 0.1) is 16.7 Å². The predicted molar refractivity (Wildman–Crippen MR) is 171 cm³/mol. The molecule has 15 heteroatoms. The van der Waals surface area contributed by atoms with Gasteiger partial charge < -0.3 is 14.9 Å². The molecule has 0 radical (unpaired) electrons. The standard InChI is InChI=1S/C29H26Cl4N2O7S2/c1-2-42-23-8-4-7-20(10-23)17-35(44(40,41)27-14-22(31)12-25(33)29(27)37)16-19-6-3-5-18(9-19)15-34-43(38,39)26-13-21(30)11-24(32)28(26)36/h3-14,34,36-37H,2,15-17H2,1H3. The summed E-state index contributed by atoms with van der Waals surface area (Å²) in [6.45, 7) is 1.76. The van der Waals surface area contributed by atoms with Crippen molar-refractivity contribution in [1.29, 1.82) is 0 Å². The molecule has 0 saturated carbocycles. The molecule has 4 rings (SSSR count). The summed E-state index contributed by atoms with van der Waals surface area (Å²) in [6.07, 6.45) is 0. The Morgan fingerprint density at radius 3 is 1.86 bits per heavy atom. The third kappa shape index (κ3) is 8.09. The number of aromatic hydroxyl groups is 2. The number of nitrogens with one attached hydrogen (secondary N) is 1. The first-order valence-corrected chi connectivity index (χ1v) is 17.3. The number of benzene rings is 4. The molecule has 0 saturated heterocycles. The molecule has 0 aliphatic carbocycles.